The fourth-order valence-corrected chi connectivity index (χ4v) is 2.61. The second-order valence-electron chi connectivity index (χ2n) is 5.03. The molecule has 2 amide bonds. The normalized spacial score (nSPS) is 28.1. The van der Waals surface area contributed by atoms with Crippen LogP contribution < -0.4 is 9.64 Å². The highest BCUT2D eigenvalue weighted by Crippen LogP contribution is 2.40. The van der Waals surface area contributed by atoms with Crippen LogP contribution in [-0.4, -0.2) is 30.5 Å². The molecule has 6 nitrogen and oxygen atoms in total. The average Bonchev–Trinajstić information content (AvgIpc) is 2.91. The molecule has 2 atom stereocenters. The largest absolute Gasteiger partial charge is 0.494 e. The molecule has 1 aromatic rings. The predicted octanol–water partition coefficient (Wildman–Crippen LogP) is 1.80. The van der Waals surface area contributed by atoms with Gasteiger partial charge < -0.3 is 4.74 Å². The number of carbonyl (C=O) groups is 2. The first-order valence-corrected chi connectivity index (χ1v) is 6.58. The molecule has 20 heavy (non-hydrogen) atoms. The molecule has 0 unspecified atom stereocenters. The molecule has 6 heteroatoms. The number of amides is 2. The van der Waals surface area contributed by atoms with Crippen molar-refractivity contribution in [1.29, 1.82) is 0 Å². The topological polar surface area (TPSA) is 71.3 Å². The molecule has 0 spiro atoms. The first-order chi connectivity index (χ1) is 9.58. The summed E-state index contributed by atoms with van der Waals surface area (Å²) in [7, 11) is 0. The van der Waals surface area contributed by atoms with Crippen molar-refractivity contribution in [3.8, 4) is 5.75 Å². The summed E-state index contributed by atoms with van der Waals surface area (Å²) in [6, 6.07) is 6.92. The van der Waals surface area contributed by atoms with Crippen molar-refractivity contribution in [3.05, 3.63) is 24.3 Å². The highest BCUT2D eigenvalue weighted by Gasteiger charge is 2.59. The third-order valence-electron chi connectivity index (χ3n) is 3.78. The number of rotatable bonds is 3. The lowest BCUT2D eigenvalue weighted by molar-refractivity contribution is -0.122. The zero-order chi connectivity index (χ0) is 14.3. The zero-order valence-electron chi connectivity index (χ0n) is 11.4. The van der Waals surface area contributed by atoms with Crippen molar-refractivity contribution in [1.82, 2.24) is 0 Å². The Morgan fingerprint density at radius 1 is 1.35 bits per heavy atom. The fourth-order valence-electron chi connectivity index (χ4n) is 2.61. The Morgan fingerprint density at radius 3 is 2.65 bits per heavy atom. The summed E-state index contributed by atoms with van der Waals surface area (Å²) in [6.07, 6.45) is 0. The van der Waals surface area contributed by atoms with E-state index in [9.17, 15) is 9.59 Å². The van der Waals surface area contributed by atoms with Crippen molar-refractivity contribution in [2.45, 2.75) is 19.4 Å². The highest BCUT2D eigenvalue weighted by atomic mass is 16.5. The maximum absolute atomic E-state index is 12.5. The number of hydrogen-bond donors (Lipinski definition) is 0. The first-order valence-electron chi connectivity index (χ1n) is 6.58. The van der Waals surface area contributed by atoms with E-state index in [1.165, 1.54) is 4.90 Å². The van der Waals surface area contributed by atoms with Crippen molar-refractivity contribution in [3.63, 3.8) is 0 Å². The van der Waals surface area contributed by atoms with Gasteiger partial charge in [-0.25, -0.2) is 4.90 Å². The van der Waals surface area contributed by atoms with Gasteiger partial charge in [-0.2, -0.15) is 10.2 Å². The number of carbonyl (C=O) groups excluding carboxylic acids is 2. The van der Waals surface area contributed by atoms with Crippen LogP contribution in [0, 0.1) is 5.92 Å². The minimum atomic E-state index is -1.03. The number of imide groups is 1. The van der Waals surface area contributed by atoms with Crippen LogP contribution in [0.25, 0.3) is 0 Å². The standard InChI is InChI=1S/C14H15N3O3/c1-3-20-10-6-4-9(5-7-10)17-12(18)11-8-15-16-14(11,2)13(17)19/h4-7,11H,3,8H2,1-2H3/t11-,14-/m1/s1. The number of ether oxygens (including phenoxy) is 1. The van der Waals surface area contributed by atoms with Gasteiger partial charge in [0.2, 0.25) is 5.91 Å². The minimum absolute atomic E-state index is 0.230. The van der Waals surface area contributed by atoms with Gasteiger partial charge >= 0.3 is 0 Å². The van der Waals surface area contributed by atoms with Crippen LogP contribution in [-0.2, 0) is 9.59 Å². The molecule has 2 aliphatic heterocycles. The molecule has 0 saturated carbocycles. The Morgan fingerprint density at radius 2 is 2.05 bits per heavy atom. The van der Waals surface area contributed by atoms with Gasteiger partial charge in [0.1, 0.15) is 5.75 Å². The fraction of sp³-hybridized carbons (Fsp3) is 0.429. The first kappa shape index (κ1) is 12.8. The van der Waals surface area contributed by atoms with E-state index in [0.717, 1.165) is 0 Å². The Hall–Kier alpha value is -2.24. The minimum Gasteiger partial charge on any atom is -0.494 e. The summed E-state index contributed by atoms with van der Waals surface area (Å²) in [5, 5.41) is 7.82. The van der Waals surface area contributed by atoms with Crippen molar-refractivity contribution in [2.75, 3.05) is 18.1 Å². The van der Waals surface area contributed by atoms with Crippen LogP contribution in [0.2, 0.25) is 0 Å². The van der Waals surface area contributed by atoms with Crippen LogP contribution in [0.1, 0.15) is 13.8 Å². The van der Waals surface area contributed by atoms with Crippen LogP contribution >= 0.6 is 0 Å². The van der Waals surface area contributed by atoms with Gasteiger partial charge in [-0.3, -0.25) is 9.59 Å². The summed E-state index contributed by atoms with van der Waals surface area (Å²) in [6.45, 7) is 4.42. The van der Waals surface area contributed by atoms with Gasteiger partial charge in [-0.1, -0.05) is 0 Å². The van der Waals surface area contributed by atoms with Crippen molar-refractivity contribution in [2.24, 2.45) is 16.1 Å². The number of anilines is 1. The Kier molecular flexibility index (Phi) is 2.81. The molecule has 0 N–H and O–H groups in total. The molecule has 2 aliphatic rings. The molecule has 0 aliphatic carbocycles. The third kappa shape index (κ3) is 1.64. The van der Waals surface area contributed by atoms with E-state index in [-0.39, 0.29) is 18.4 Å². The molecular formula is C14H15N3O3. The Labute approximate surface area is 116 Å². The predicted molar refractivity (Wildman–Crippen MR) is 71.7 cm³/mol. The van der Waals surface area contributed by atoms with Crippen molar-refractivity contribution >= 4 is 17.5 Å². The third-order valence-corrected chi connectivity index (χ3v) is 3.78. The van der Waals surface area contributed by atoms with Crippen LogP contribution in [0.15, 0.2) is 34.5 Å². The Bertz CT molecular complexity index is 596. The average molecular weight is 273 g/mol. The van der Waals surface area contributed by atoms with E-state index in [1.807, 2.05) is 6.92 Å². The molecule has 1 aromatic carbocycles. The molecule has 0 radical (unpaired) electrons. The lowest BCUT2D eigenvalue weighted by Gasteiger charge is -2.17. The number of benzene rings is 1. The van der Waals surface area contributed by atoms with Gasteiger partial charge in [-0.05, 0) is 38.1 Å². The molecule has 1 saturated heterocycles. The van der Waals surface area contributed by atoms with Crippen LogP contribution in [0.5, 0.6) is 5.75 Å². The molecule has 1 fully saturated rings. The lowest BCUT2D eigenvalue weighted by Crippen LogP contribution is -2.37. The zero-order valence-corrected chi connectivity index (χ0v) is 11.4. The molecular weight excluding hydrogens is 258 g/mol. The number of azo groups is 1. The second kappa shape index (κ2) is 4.40. The quantitative estimate of drug-likeness (QED) is 0.788. The molecule has 2 heterocycles. The maximum Gasteiger partial charge on any atom is 0.264 e. The molecule has 0 bridgehead atoms. The van der Waals surface area contributed by atoms with Gasteiger partial charge in [0.25, 0.3) is 5.91 Å². The number of hydrogen-bond acceptors (Lipinski definition) is 5. The van der Waals surface area contributed by atoms with E-state index in [1.54, 1.807) is 31.2 Å². The van der Waals surface area contributed by atoms with E-state index >= 15 is 0 Å². The summed E-state index contributed by atoms with van der Waals surface area (Å²) >= 11 is 0. The van der Waals surface area contributed by atoms with E-state index in [4.69, 9.17) is 4.74 Å². The number of nitrogens with zero attached hydrogens (tertiary/aromatic N) is 3. The molecule has 0 aromatic heterocycles. The van der Waals surface area contributed by atoms with E-state index < -0.39 is 11.5 Å². The molecule has 104 valence electrons. The van der Waals surface area contributed by atoms with Gasteiger partial charge in [0.05, 0.1) is 24.8 Å². The van der Waals surface area contributed by atoms with Crippen molar-refractivity contribution < 1.29 is 14.3 Å². The molecule has 3 rings (SSSR count). The van der Waals surface area contributed by atoms with Gasteiger partial charge in [-0.15, -0.1) is 0 Å². The summed E-state index contributed by atoms with van der Waals surface area (Å²) < 4.78 is 5.35. The van der Waals surface area contributed by atoms with Crippen LogP contribution in [0.4, 0.5) is 5.69 Å². The monoisotopic (exact) mass is 273 g/mol. The van der Waals surface area contributed by atoms with E-state index in [2.05, 4.69) is 10.2 Å². The smallest absolute Gasteiger partial charge is 0.264 e. The summed E-state index contributed by atoms with van der Waals surface area (Å²) in [5.41, 5.74) is -0.482. The maximum atomic E-state index is 12.5. The summed E-state index contributed by atoms with van der Waals surface area (Å²) in [4.78, 5) is 26.0. The second-order valence-corrected chi connectivity index (χ2v) is 5.03. The SMILES string of the molecule is CCOc1ccc(N2C(=O)[C@H]3CN=N[C@@]3(C)C2=O)cc1. The lowest BCUT2D eigenvalue weighted by atomic mass is 9.90. The number of fused-ring (bicyclic) bond motifs is 1. The van der Waals surface area contributed by atoms with Gasteiger partial charge in [0.15, 0.2) is 5.54 Å². The van der Waals surface area contributed by atoms with E-state index in [0.29, 0.717) is 18.0 Å². The van der Waals surface area contributed by atoms with Gasteiger partial charge in [0, 0.05) is 0 Å². The highest BCUT2D eigenvalue weighted by molar-refractivity contribution is 6.25. The van der Waals surface area contributed by atoms with Crippen LogP contribution in [0.3, 0.4) is 0 Å². The summed E-state index contributed by atoms with van der Waals surface area (Å²) in [5.74, 6) is -0.299. The Balaban J connectivity index is 1.93.